The fraction of sp³-hybridized carbons (Fsp3) is 0.500. The van der Waals surface area contributed by atoms with Crippen LogP contribution in [-0.4, -0.2) is 51.8 Å². The number of hydrogen-bond donors (Lipinski definition) is 1. The summed E-state index contributed by atoms with van der Waals surface area (Å²) in [5.74, 6) is 0. The summed E-state index contributed by atoms with van der Waals surface area (Å²) in [5, 5.41) is 7.61. The SMILES string of the molecule is Cc1cccc(CN2Cc3ccnn3[C@H](CNC(=O)N3CCCC3)C2)c1. The lowest BCUT2D eigenvalue weighted by Gasteiger charge is -2.34. The number of fused-ring (bicyclic) bond motifs is 1. The fourth-order valence-electron chi connectivity index (χ4n) is 4.04. The molecule has 2 amide bonds. The van der Waals surface area contributed by atoms with Gasteiger partial charge in [-0.25, -0.2) is 4.79 Å². The molecule has 6 nitrogen and oxygen atoms in total. The van der Waals surface area contributed by atoms with Gasteiger partial charge in [-0.3, -0.25) is 9.58 Å². The first-order valence-electron chi connectivity index (χ1n) is 9.52. The number of carbonyl (C=O) groups excluding carboxylic acids is 1. The first kappa shape index (κ1) is 17.1. The van der Waals surface area contributed by atoms with Crippen molar-refractivity contribution < 1.29 is 4.79 Å². The lowest BCUT2D eigenvalue weighted by molar-refractivity contribution is 0.161. The van der Waals surface area contributed by atoms with Crippen LogP contribution in [0.5, 0.6) is 0 Å². The third-order valence-electron chi connectivity index (χ3n) is 5.32. The highest BCUT2D eigenvalue weighted by Crippen LogP contribution is 2.22. The van der Waals surface area contributed by atoms with Gasteiger partial charge in [0.2, 0.25) is 0 Å². The molecule has 2 aromatic rings. The molecule has 26 heavy (non-hydrogen) atoms. The van der Waals surface area contributed by atoms with E-state index in [-0.39, 0.29) is 12.1 Å². The summed E-state index contributed by atoms with van der Waals surface area (Å²) < 4.78 is 2.08. The number of hydrogen-bond acceptors (Lipinski definition) is 3. The van der Waals surface area contributed by atoms with Crippen molar-refractivity contribution in [1.29, 1.82) is 0 Å². The highest BCUT2D eigenvalue weighted by atomic mass is 16.2. The quantitative estimate of drug-likeness (QED) is 0.919. The summed E-state index contributed by atoms with van der Waals surface area (Å²) in [6.07, 6.45) is 4.09. The van der Waals surface area contributed by atoms with Crippen LogP contribution < -0.4 is 5.32 Å². The van der Waals surface area contributed by atoms with Gasteiger partial charge in [0, 0.05) is 45.5 Å². The van der Waals surface area contributed by atoms with Crippen LogP contribution in [0.3, 0.4) is 0 Å². The molecule has 6 heteroatoms. The lowest BCUT2D eigenvalue weighted by Crippen LogP contribution is -2.45. The third kappa shape index (κ3) is 3.75. The largest absolute Gasteiger partial charge is 0.336 e. The number of nitrogens with one attached hydrogen (secondary N) is 1. The summed E-state index contributed by atoms with van der Waals surface area (Å²) in [7, 11) is 0. The molecule has 1 atom stereocenters. The Kier molecular flexibility index (Phi) is 4.93. The van der Waals surface area contributed by atoms with Gasteiger partial charge >= 0.3 is 6.03 Å². The Labute approximate surface area is 154 Å². The minimum atomic E-state index is 0.0620. The first-order chi connectivity index (χ1) is 12.7. The molecule has 0 spiro atoms. The standard InChI is InChI=1S/C20H27N5O/c1-16-5-4-6-17(11-16)13-23-14-18-7-8-22-25(18)19(15-23)12-21-20(26)24-9-2-3-10-24/h4-8,11,19H,2-3,9-10,12-15H2,1H3,(H,21,26)/t19-/m1/s1. The van der Waals surface area contributed by atoms with E-state index >= 15 is 0 Å². The molecule has 0 radical (unpaired) electrons. The molecule has 0 aliphatic carbocycles. The van der Waals surface area contributed by atoms with E-state index < -0.39 is 0 Å². The second-order valence-electron chi connectivity index (χ2n) is 7.46. The van der Waals surface area contributed by atoms with Crippen molar-refractivity contribution in [1.82, 2.24) is 24.9 Å². The molecule has 1 aromatic carbocycles. The number of nitrogens with zero attached hydrogens (tertiary/aromatic N) is 4. The maximum atomic E-state index is 12.3. The smallest absolute Gasteiger partial charge is 0.317 e. The van der Waals surface area contributed by atoms with Crippen LogP contribution in [0, 0.1) is 6.92 Å². The lowest BCUT2D eigenvalue weighted by atomic mass is 10.1. The van der Waals surface area contributed by atoms with E-state index in [1.54, 1.807) is 0 Å². The highest BCUT2D eigenvalue weighted by Gasteiger charge is 2.27. The Morgan fingerprint density at radius 2 is 2.12 bits per heavy atom. The van der Waals surface area contributed by atoms with Crippen LogP contribution in [0.4, 0.5) is 4.79 Å². The zero-order valence-electron chi connectivity index (χ0n) is 15.4. The number of aryl methyl sites for hydroxylation is 1. The van der Waals surface area contributed by atoms with Crippen molar-refractivity contribution in [2.45, 2.75) is 38.9 Å². The summed E-state index contributed by atoms with van der Waals surface area (Å²) in [6.45, 7) is 7.21. The van der Waals surface area contributed by atoms with E-state index in [0.29, 0.717) is 6.54 Å². The van der Waals surface area contributed by atoms with Gasteiger partial charge in [-0.1, -0.05) is 29.8 Å². The van der Waals surface area contributed by atoms with Crippen LogP contribution in [0.15, 0.2) is 36.5 Å². The van der Waals surface area contributed by atoms with Crippen LogP contribution >= 0.6 is 0 Å². The van der Waals surface area contributed by atoms with Gasteiger partial charge in [0.1, 0.15) is 0 Å². The predicted molar refractivity (Wildman–Crippen MR) is 101 cm³/mol. The molecule has 138 valence electrons. The van der Waals surface area contributed by atoms with Gasteiger partial charge in [0.25, 0.3) is 0 Å². The van der Waals surface area contributed by atoms with Gasteiger partial charge in [-0.15, -0.1) is 0 Å². The minimum absolute atomic E-state index is 0.0620. The number of aromatic nitrogens is 2. The van der Waals surface area contributed by atoms with Crippen LogP contribution in [-0.2, 0) is 13.1 Å². The third-order valence-corrected chi connectivity index (χ3v) is 5.32. The molecule has 3 heterocycles. The molecule has 1 N–H and O–H groups in total. The Bertz CT molecular complexity index is 765. The average molecular weight is 353 g/mol. The number of amides is 2. The summed E-state index contributed by atoms with van der Waals surface area (Å²) in [4.78, 5) is 16.7. The topological polar surface area (TPSA) is 53.4 Å². The monoisotopic (exact) mass is 353 g/mol. The molecule has 1 saturated heterocycles. The maximum absolute atomic E-state index is 12.3. The highest BCUT2D eigenvalue weighted by molar-refractivity contribution is 5.74. The zero-order chi connectivity index (χ0) is 17.9. The van der Waals surface area contributed by atoms with E-state index in [9.17, 15) is 4.79 Å². The summed E-state index contributed by atoms with van der Waals surface area (Å²) in [5.41, 5.74) is 3.83. The van der Waals surface area contributed by atoms with E-state index in [1.807, 2.05) is 11.1 Å². The van der Waals surface area contributed by atoms with E-state index in [2.05, 4.69) is 57.3 Å². The van der Waals surface area contributed by atoms with E-state index in [0.717, 1.165) is 45.6 Å². The number of likely N-dealkylation sites (tertiary alicyclic amines) is 1. The number of rotatable bonds is 4. The molecule has 0 unspecified atom stereocenters. The Balaban J connectivity index is 1.41. The van der Waals surface area contributed by atoms with Crippen LogP contribution in [0.1, 0.15) is 35.7 Å². The molecule has 1 aromatic heterocycles. The fourth-order valence-corrected chi connectivity index (χ4v) is 4.04. The van der Waals surface area contributed by atoms with Crippen molar-refractivity contribution in [2.75, 3.05) is 26.2 Å². The predicted octanol–water partition coefficient (Wildman–Crippen LogP) is 2.55. The molecule has 0 saturated carbocycles. The molecule has 1 fully saturated rings. The molecule has 0 bridgehead atoms. The minimum Gasteiger partial charge on any atom is -0.336 e. The summed E-state index contributed by atoms with van der Waals surface area (Å²) >= 11 is 0. The summed E-state index contributed by atoms with van der Waals surface area (Å²) in [6, 6.07) is 11.0. The number of carbonyl (C=O) groups is 1. The molecule has 2 aliphatic heterocycles. The Morgan fingerprint density at radius 1 is 1.27 bits per heavy atom. The number of urea groups is 1. The second-order valence-corrected chi connectivity index (χ2v) is 7.46. The van der Waals surface area contributed by atoms with Gasteiger partial charge in [-0.2, -0.15) is 5.10 Å². The van der Waals surface area contributed by atoms with Crippen molar-refractivity contribution >= 4 is 6.03 Å². The molecule has 4 rings (SSSR count). The van der Waals surface area contributed by atoms with Gasteiger partial charge in [-0.05, 0) is 31.4 Å². The van der Waals surface area contributed by atoms with Crippen LogP contribution in [0.2, 0.25) is 0 Å². The molecular formula is C20H27N5O. The van der Waals surface area contributed by atoms with E-state index in [4.69, 9.17) is 0 Å². The molecule has 2 aliphatic rings. The number of benzene rings is 1. The Morgan fingerprint density at radius 3 is 2.92 bits per heavy atom. The van der Waals surface area contributed by atoms with E-state index in [1.165, 1.54) is 16.8 Å². The first-order valence-corrected chi connectivity index (χ1v) is 9.52. The maximum Gasteiger partial charge on any atom is 0.317 e. The normalized spacial score (nSPS) is 20.2. The van der Waals surface area contributed by atoms with Crippen molar-refractivity contribution in [3.63, 3.8) is 0 Å². The second kappa shape index (κ2) is 7.50. The molecular weight excluding hydrogens is 326 g/mol. The van der Waals surface area contributed by atoms with Gasteiger partial charge < -0.3 is 10.2 Å². The zero-order valence-corrected chi connectivity index (χ0v) is 15.4. The average Bonchev–Trinajstić information content (AvgIpc) is 3.31. The van der Waals surface area contributed by atoms with Crippen molar-refractivity contribution in [3.05, 3.63) is 53.3 Å². The van der Waals surface area contributed by atoms with Gasteiger partial charge in [0.15, 0.2) is 0 Å². The van der Waals surface area contributed by atoms with Crippen molar-refractivity contribution in [3.8, 4) is 0 Å². The van der Waals surface area contributed by atoms with Crippen molar-refractivity contribution in [2.24, 2.45) is 0 Å². The Hall–Kier alpha value is -2.34. The van der Waals surface area contributed by atoms with Gasteiger partial charge in [0.05, 0.1) is 11.7 Å². The van der Waals surface area contributed by atoms with Crippen LogP contribution in [0.25, 0.3) is 0 Å².